The smallest absolute Gasteiger partial charge is 0.258 e. The second-order valence-corrected chi connectivity index (χ2v) is 5.99. The van der Waals surface area contributed by atoms with Gasteiger partial charge in [-0.25, -0.2) is 0 Å². The minimum absolute atomic E-state index is 0.0857. The molecule has 4 nitrogen and oxygen atoms in total. The number of amides is 1. The first-order valence-corrected chi connectivity index (χ1v) is 7.55. The molecule has 110 valence electrons. The van der Waals surface area contributed by atoms with E-state index in [-0.39, 0.29) is 18.1 Å². The van der Waals surface area contributed by atoms with E-state index in [4.69, 9.17) is 9.47 Å². The maximum absolute atomic E-state index is 12.4. The molecular weight excluding hydrogens is 266 g/mol. The van der Waals surface area contributed by atoms with Gasteiger partial charge < -0.3 is 14.4 Å². The number of anilines is 1. The van der Waals surface area contributed by atoms with E-state index >= 15 is 0 Å². The van der Waals surface area contributed by atoms with Crippen LogP contribution in [0.15, 0.2) is 36.4 Å². The van der Waals surface area contributed by atoms with E-state index in [1.807, 2.05) is 29.2 Å². The van der Waals surface area contributed by atoms with Gasteiger partial charge in [0.25, 0.3) is 5.91 Å². The van der Waals surface area contributed by atoms with Crippen LogP contribution in [0.4, 0.5) is 5.69 Å². The highest BCUT2D eigenvalue weighted by molar-refractivity contribution is 6.05. The molecule has 2 fully saturated rings. The number of carbonyl (C=O) groups is 1. The number of rotatable bonds is 2. The third-order valence-electron chi connectivity index (χ3n) is 4.93. The molecule has 3 aliphatic rings. The van der Waals surface area contributed by atoms with Gasteiger partial charge in [-0.1, -0.05) is 12.2 Å². The molecule has 0 unspecified atom stereocenters. The van der Waals surface area contributed by atoms with E-state index in [0.29, 0.717) is 11.8 Å². The van der Waals surface area contributed by atoms with Crippen LogP contribution in [0.2, 0.25) is 0 Å². The first kappa shape index (κ1) is 12.9. The summed E-state index contributed by atoms with van der Waals surface area (Å²) in [6.07, 6.45) is 6.57. The van der Waals surface area contributed by atoms with E-state index in [0.717, 1.165) is 30.9 Å². The summed E-state index contributed by atoms with van der Waals surface area (Å²) in [6.45, 7) is 0.721. The monoisotopic (exact) mass is 285 g/mol. The highest BCUT2D eigenvalue weighted by atomic mass is 16.5. The number of β-lactam (4-membered cyclic amide) rings is 1. The summed E-state index contributed by atoms with van der Waals surface area (Å²) in [5, 5.41) is 0. The summed E-state index contributed by atoms with van der Waals surface area (Å²) < 4.78 is 11.0. The van der Waals surface area contributed by atoms with Crippen LogP contribution in [0.1, 0.15) is 12.8 Å². The Morgan fingerprint density at radius 2 is 2.10 bits per heavy atom. The maximum Gasteiger partial charge on any atom is 0.258 e. The van der Waals surface area contributed by atoms with Crippen molar-refractivity contribution in [3.05, 3.63) is 36.4 Å². The average Bonchev–Trinajstić information content (AvgIpc) is 2.54. The molecule has 21 heavy (non-hydrogen) atoms. The highest BCUT2D eigenvalue weighted by Gasteiger charge is 2.56. The van der Waals surface area contributed by atoms with Gasteiger partial charge in [0.1, 0.15) is 5.75 Å². The molecule has 0 N–H and O–H groups in total. The molecule has 0 aromatic heterocycles. The van der Waals surface area contributed by atoms with Gasteiger partial charge in [-0.2, -0.15) is 0 Å². The number of nitrogens with zero attached hydrogens (tertiary/aromatic N) is 1. The van der Waals surface area contributed by atoms with E-state index in [9.17, 15) is 4.79 Å². The Kier molecular flexibility index (Phi) is 3.00. The van der Waals surface area contributed by atoms with Crippen molar-refractivity contribution >= 4 is 11.6 Å². The summed E-state index contributed by atoms with van der Waals surface area (Å²) in [5.41, 5.74) is 0.935. The van der Waals surface area contributed by atoms with Gasteiger partial charge in [0.05, 0.1) is 19.8 Å². The normalized spacial score (nSPS) is 34.0. The van der Waals surface area contributed by atoms with Crippen LogP contribution in [-0.4, -0.2) is 31.8 Å². The van der Waals surface area contributed by atoms with Crippen LogP contribution in [0.3, 0.4) is 0 Å². The number of benzene rings is 1. The number of allylic oxidation sites excluding steroid dienone is 1. The van der Waals surface area contributed by atoms with Crippen molar-refractivity contribution < 1.29 is 14.3 Å². The van der Waals surface area contributed by atoms with Crippen molar-refractivity contribution in [1.29, 1.82) is 0 Å². The third kappa shape index (κ3) is 1.89. The molecule has 0 bridgehead atoms. The van der Waals surface area contributed by atoms with Gasteiger partial charge in [-0.15, -0.1) is 0 Å². The molecule has 1 aromatic rings. The predicted molar refractivity (Wildman–Crippen MR) is 79.4 cm³/mol. The summed E-state index contributed by atoms with van der Waals surface area (Å²) in [5.74, 6) is 1.86. The first-order valence-electron chi connectivity index (χ1n) is 7.55. The summed E-state index contributed by atoms with van der Waals surface area (Å²) in [6, 6.07) is 7.84. The Balaban J connectivity index is 1.64. The minimum Gasteiger partial charge on any atom is -0.497 e. The Bertz CT molecular complexity index is 580. The third-order valence-corrected chi connectivity index (χ3v) is 4.93. The lowest BCUT2D eigenvalue weighted by atomic mass is 9.72. The summed E-state index contributed by atoms with van der Waals surface area (Å²) in [7, 11) is 1.65. The molecule has 0 spiro atoms. The number of hydrogen-bond donors (Lipinski definition) is 0. The fourth-order valence-electron chi connectivity index (χ4n) is 3.80. The maximum atomic E-state index is 12.4. The SMILES string of the molecule is COc1ccc(N2C(=O)[C@@H]3OC[C@@H]4CCC=C[C@H]4[C@@H]32)cc1. The molecule has 2 saturated heterocycles. The van der Waals surface area contributed by atoms with E-state index < -0.39 is 0 Å². The Morgan fingerprint density at radius 3 is 2.86 bits per heavy atom. The van der Waals surface area contributed by atoms with Gasteiger partial charge in [-0.3, -0.25) is 4.79 Å². The number of ether oxygens (including phenoxy) is 2. The molecule has 1 amide bonds. The zero-order chi connectivity index (χ0) is 14.4. The molecule has 1 aromatic carbocycles. The van der Waals surface area contributed by atoms with E-state index in [1.165, 1.54) is 0 Å². The van der Waals surface area contributed by atoms with Gasteiger partial charge >= 0.3 is 0 Å². The van der Waals surface area contributed by atoms with Gasteiger partial charge in [0.15, 0.2) is 6.10 Å². The standard InChI is InChI=1S/C17H19NO3/c1-20-13-8-6-12(7-9-13)18-15-14-5-3-2-4-11(14)10-21-16(15)17(18)19/h3,5-9,11,14-16H,2,4,10H2,1H3/t11-,14+,15-,16+/m0/s1. The number of fused-ring (bicyclic) bond motifs is 3. The van der Waals surface area contributed by atoms with Crippen molar-refractivity contribution in [3.63, 3.8) is 0 Å². The van der Waals surface area contributed by atoms with Crippen LogP contribution in [-0.2, 0) is 9.53 Å². The lowest BCUT2D eigenvalue weighted by Crippen LogP contribution is -2.72. The molecule has 4 rings (SSSR count). The minimum atomic E-state index is -0.254. The number of methoxy groups -OCH3 is 1. The van der Waals surface area contributed by atoms with Gasteiger partial charge in [0.2, 0.25) is 0 Å². The largest absolute Gasteiger partial charge is 0.497 e. The average molecular weight is 285 g/mol. The number of hydrogen-bond acceptors (Lipinski definition) is 3. The summed E-state index contributed by atoms with van der Waals surface area (Å²) in [4.78, 5) is 14.3. The fraction of sp³-hybridized carbons (Fsp3) is 0.471. The molecule has 1 aliphatic carbocycles. The van der Waals surface area contributed by atoms with Crippen molar-refractivity contribution in [1.82, 2.24) is 0 Å². The van der Waals surface area contributed by atoms with Crippen molar-refractivity contribution in [2.75, 3.05) is 18.6 Å². The quantitative estimate of drug-likeness (QED) is 0.618. The lowest BCUT2D eigenvalue weighted by Gasteiger charge is -2.55. The molecule has 0 saturated carbocycles. The lowest BCUT2D eigenvalue weighted by molar-refractivity contribution is -0.155. The van der Waals surface area contributed by atoms with E-state index in [2.05, 4.69) is 12.2 Å². The van der Waals surface area contributed by atoms with Crippen LogP contribution in [0.5, 0.6) is 5.75 Å². The predicted octanol–water partition coefficient (Wildman–Crippen LogP) is 2.39. The molecule has 4 heteroatoms. The van der Waals surface area contributed by atoms with Crippen LogP contribution >= 0.6 is 0 Å². The first-order chi connectivity index (χ1) is 10.3. The van der Waals surface area contributed by atoms with Crippen LogP contribution in [0.25, 0.3) is 0 Å². The molecule has 2 heterocycles. The second-order valence-electron chi connectivity index (χ2n) is 5.99. The Labute approximate surface area is 124 Å². The van der Waals surface area contributed by atoms with Crippen molar-refractivity contribution in [2.45, 2.75) is 25.0 Å². The Morgan fingerprint density at radius 1 is 1.29 bits per heavy atom. The van der Waals surface area contributed by atoms with Crippen LogP contribution in [0, 0.1) is 11.8 Å². The zero-order valence-electron chi connectivity index (χ0n) is 12.1. The van der Waals surface area contributed by atoms with E-state index in [1.54, 1.807) is 7.11 Å². The molecular formula is C17H19NO3. The molecule has 2 aliphatic heterocycles. The Hall–Kier alpha value is -1.81. The zero-order valence-corrected chi connectivity index (χ0v) is 12.1. The van der Waals surface area contributed by atoms with Gasteiger partial charge in [0, 0.05) is 11.6 Å². The fourth-order valence-corrected chi connectivity index (χ4v) is 3.80. The van der Waals surface area contributed by atoms with Crippen molar-refractivity contribution in [3.8, 4) is 5.75 Å². The second kappa shape index (κ2) is 4.88. The highest BCUT2D eigenvalue weighted by Crippen LogP contribution is 2.44. The molecule has 4 atom stereocenters. The van der Waals surface area contributed by atoms with Crippen LogP contribution < -0.4 is 9.64 Å². The summed E-state index contributed by atoms with van der Waals surface area (Å²) >= 11 is 0. The van der Waals surface area contributed by atoms with Gasteiger partial charge in [-0.05, 0) is 43.0 Å². The molecule has 0 radical (unpaired) electrons. The number of carbonyl (C=O) groups excluding carboxylic acids is 1. The van der Waals surface area contributed by atoms with Crippen molar-refractivity contribution in [2.24, 2.45) is 11.8 Å². The topological polar surface area (TPSA) is 38.8 Å².